The Hall–Kier alpha value is -1.56. The van der Waals surface area contributed by atoms with E-state index in [0.717, 1.165) is 35.0 Å². The van der Waals surface area contributed by atoms with Crippen LogP contribution in [0.4, 0.5) is 0 Å². The predicted octanol–water partition coefficient (Wildman–Crippen LogP) is 4.59. The molecule has 2 N–H and O–H groups in total. The van der Waals surface area contributed by atoms with Crippen molar-refractivity contribution in [3.8, 4) is 11.5 Å². The monoisotopic (exact) mass is 419 g/mol. The topological polar surface area (TPSA) is 50.7 Å². The van der Waals surface area contributed by atoms with Crippen molar-refractivity contribution in [2.75, 3.05) is 13.7 Å². The van der Waals surface area contributed by atoms with Crippen LogP contribution < -0.4 is 14.8 Å². The van der Waals surface area contributed by atoms with Gasteiger partial charge < -0.3 is 14.6 Å². The van der Waals surface area contributed by atoms with E-state index in [4.69, 9.17) is 9.47 Å². The minimum absolute atomic E-state index is 0.215. The number of rotatable bonds is 7. The second kappa shape index (κ2) is 8.89. The van der Waals surface area contributed by atoms with Gasteiger partial charge in [0.2, 0.25) is 0 Å². The summed E-state index contributed by atoms with van der Waals surface area (Å²) < 4.78 is 12.2. The van der Waals surface area contributed by atoms with Gasteiger partial charge >= 0.3 is 0 Å². The fourth-order valence-electron chi connectivity index (χ4n) is 3.54. The van der Waals surface area contributed by atoms with Crippen LogP contribution in [0, 0.1) is 12.8 Å². The lowest BCUT2D eigenvalue weighted by molar-refractivity contribution is 0.102. The highest BCUT2D eigenvalue weighted by Gasteiger charge is 2.30. The van der Waals surface area contributed by atoms with E-state index in [1.54, 1.807) is 7.11 Å². The van der Waals surface area contributed by atoms with Gasteiger partial charge in [-0.25, -0.2) is 0 Å². The van der Waals surface area contributed by atoms with Crippen LogP contribution >= 0.6 is 15.9 Å². The van der Waals surface area contributed by atoms with Crippen LogP contribution in [0.1, 0.15) is 36.6 Å². The van der Waals surface area contributed by atoms with Crippen LogP contribution in [-0.2, 0) is 0 Å². The number of methoxy groups -OCH3 is 1. The zero-order valence-electron chi connectivity index (χ0n) is 15.2. The smallest absolute Gasteiger partial charge is 0.136 e. The van der Waals surface area contributed by atoms with Gasteiger partial charge in [-0.15, -0.1) is 0 Å². The summed E-state index contributed by atoms with van der Waals surface area (Å²) in [4.78, 5) is 0. The number of ether oxygens (including phenoxy) is 2. The van der Waals surface area contributed by atoms with Crippen molar-refractivity contribution in [3.63, 3.8) is 0 Å². The number of aliphatic hydroxyl groups is 1. The average Bonchev–Trinajstić information content (AvgIpc) is 3.07. The molecule has 1 aliphatic rings. The Labute approximate surface area is 163 Å². The molecule has 0 amide bonds. The van der Waals surface area contributed by atoms with E-state index in [0.29, 0.717) is 18.3 Å². The molecule has 4 nitrogen and oxygen atoms in total. The summed E-state index contributed by atoms with van der Waals surface area (Å²) in [7, 11) is 1.62. The van der Waals surface area contributed by atoms with Gasteiger partial charge in [-0.1, -0.05) is 46.1 Å². The lowest BCUT2D eigenvalue weighted by Crippen LogP contribution is -2.38. The molecule has 1 aliphatic carbocycles. The number of aryl methyl sites for hydroxylation is 1. The van der Waals surface area contributed by atoms with Gasteiger partial charge in [-0.3, -0.25) is 5.32 Å². The molecule has 3 atom stereocenters. The molecule has 1 unspecified atom stereocenters. The Kier molecular flexibility index (Phi) is 6.57. The first-order chi connectivity index (χ1) is 12.6. The first kappa shape index (κ1) is 19.2. The van der Waals surface area contributed by atoms with Crippen molar-refractivity contribution in [2.24, 2.45) is 5.92 Å². The van der Waals surface area contributed by atoms with Crippen molar-refractivity contribution in [3.05, 3.63) is 58.1 Å². The van der Waals surface area contributed by atoms with Gasteiger partial charge in [0.1, 0.15) is 17.7 Å². The molecule has 2 aromatic carbocycles. The third kappa shape index (κ3) is 4.58. The number of hydrogen-bond donors (Lipinski definition) is 2. The molecule has 0 radical (unpaired) electrons. The highest BCUT2D eigenvalue weighted by atomic mass is 79.9. The Bertz CT molecular complexity index is 720. The highest BCUT2D eigenvalue weighted by molar-refractivity contribution is 9.10. The van der Waals surface area contributed by atoms with Crippen LogP contribution in [0.3, 0.4) is 0 Å². The summed E-state index contributed by atoms with van der Waals surface area (Å²) in [6.07, 6.45) is 2.49. The summed E-state index contributed by atoms with van der Waals surface area (Å²) in [5, 5.41) is 14.1. The Morgan fingerprint density at radius 2 is 1.96 bits per heavy atom. The second-order valence-electron chi connectivity index (χ2n) is 6.85. The summed E-state index contributed by atoms with van der Waals surface area (Å²) in [6.45, 7) is 2.72. The molecule has 0 spiro atoms. The summed E-state index contributed by atoms with van der Waals surface area (Å²) in [6, 6.07) is 14.0. The van der Waals surface area contributed by atoms with E-state index in [-0.39, 0.29) is 6.04 Å². The van der Waals surface area contributed by atoms with Gasteiger partial charge in [-0.2, -0.15) is 0 Å². The largest absolute Gasteiger partial charge is 0.496 e. The molecule has 26 heavy (non-hydrogen) atoms. The van der Waals surface area contributed by atoms with Crippen LogP contribution in [0.25, 0.3) is 0 Å². The van der Waals surface area contributed by atoms with E-state index in [1.807, 2.05) is 30.3 Å². The molecule has 0 saturated heterocycles. The third-order valence-corrected chi connectivity index (χ3v) is 5.71. The van der Waals surface area contributed by atoms with Crippen molar-refractivity contribution in [2.45, 2.75) is 38.5 Å². The molecular formula is C21H26BrNO3. The van der Waals surface area contributed by atoms with E-state index in [1.165, 1.54) is 5.56 Å². The lowest BCUT2D eigenvalue weighted by Gasteiger charge is -2.26. The number of halogens is 1. The fourth-order valence-corrected chi connectivity index (χ4v) is 4.11. The zero-order valence-corrected chi connectivity index (χ0v) is 16.8. The third-order valence-electron chi connectivity index (χ3n) is 5.02. The summed E-state index contributed by atoms with van der Waals surface area (Å²) in [5.74, 6) is 1.94. The molecule has 0 aromatic heterocycles. The number of aliphatic hydroxyl groups excluding tert-OH is 1. The van der Waals surface area contributed by atoms with Crippen molar-refractivity contribution < 1.29 is 14.6 Å². The van der Waals surface area contributed by atoms with Crippen LogP contribution in [0.2, 0.25) is 0 Å². The minimum Gasteiger partial charge on any atom is -0.496 e. The van der Waals surface area contributed by atoms with E-state index in [9.17, 15) is 5.11 Å². The minimum atomic E-state index is -0.787. The van der Waals surface area contributed by atoms with Crippen molar-refractivity contribution in [1.29, 1.82) is 0 Å². The van der Waals surface area contributed by atoms with Crippen molar-refractivity contribution >= 4 is 15.9 Å². The van der Waals surface area contributed by atoms with Gasteiger partial charge in [0, 0.05) is 16.4 Å². The van der Waals surface area contributed by atoms with Gasteiger partial charge in [0.25, 0.3) is 0 Å². The molecule has 0 bridgehead atoms. The molecule has 5 heteroatoms. The maximum Gasteiger partial charge on any atom is 0.136 e. The number of nitrogens with one attached hydrogen (secondary N) is 1. The van der Waals surface area contributed by atoms with E-state index >= 15 is 0 Å². The molecule has 0 aliphatic heterocycles. The number of hydrogen-bond acceptors (Lipinski definition) is 4. The van der Waals surface area contributed by atoms with Gasteiger partial charge in [0.05, 0.1) is 19.3 Å². The maximum atomic E-state index is 10.7. The average molecular weight is 420 g/mol. The van der Waals surface area contributed by atoms with Crippen LogP contribution in [0.15, 0.2) is 46.9 Å². The molecule has 1 fully saturated rings. The van der Waals surface area contributed by atoms with Crippen LogP contribution in [0.5, 0.6) is 11.5 Å². The molecule has 0 heterocycles. The fraction of sp³-hybridized carbons (Fsp3) is 0.429. The number of benzene rings is 2. The van der Waals surface area contributed by atoms with E-state index in [2.05, 4.69) is 40.3 Å². The quantitative estimate of drug-likeness (QED) is 0.644. The predicted molar refractivity (Wildman–Crippen MR) is 107 cm³/mol. The molecular weight excluding hydrogens is 394 g/mol. The Morgan fingerprint density at radius 1 is 1.19 bits per heavy atom. The van der Waals surface area contributed by atoms with E-state index < -0.39 is 6.23 Å². The summed E-state index contributed by atoms with van der Waals surface area (Å²) >= 11 is 3.52. The van der Waals surface area contributed by atoms with Gasteiger partial charge in [-0.05, 0) is 44.0 Å². The van der Waals surface area contributed by atoms with Crippen molar-refractivity contribution in [1.82, 2.24) is 5.32 Å². The van der Waals surface area contributed by atoms with Gasteiger partial charge in [0.15, 0.2) is 0 Å². The standard InChI is InChI=1S/C21H26BrNO3/c1-14-9-11-16(12-10-14)26-13-15-5-3-7-18(15)23-21(24)20-17(22)6-4-8-19(20)25-2/h4,6,8-12,15,18,21,23-24H,3,5,7,13H2,1-2H3/t15-,18+,21?/m1/s1. The van der Waals surface area contributed by atoms with Crippen LogP contribution in [-0.4, -0.2) is 24.9 Å². The first-order valence-corrected chi connectivity index (χ1v) is 9.83. The lowest BCUT2D eigenvalue weighted by atomic mass is 10.0. The zero-order chi connectivity index (χ0) is 18.5. The molecule has 3 rings (SSSR count). The molecule has 140 valence electrons. The normalized spacial score (nSPS) is 20.8. The SMILES string of the molecule is COc1cccc(Br)c1C(O)N[C@H]1CCC[C@@H]1COc1ccc(C)cc1. The first-order valence-electron chi connectivity index (χ1n) is 9.04. The Balaban J connectivity index is 1.62. The molecule has 1 saturated carbocycles. The second-order valence-corrected chi connectivity index (χ2v) is 7.70. The summed E-state index contributed by atoms with van der Waals surface area (Å²) in [5.41, 5.74) is 1.96. The highest BCUT2D eigenvalue weighted by Crippen LogP contribution is 2.34. The molecule has 2 aromatic rings. The Morgan fingerprint density at radius 3 is 2.69 bits per heavy atom. The maximum absolute atomic E-state index is 10.7.